The number of methoxy groups -OCH3 is 12. The summed E-state index contributed by atoms with van der Waals surface area (Å²) in [4.78, 5) is 4.10. The molecule has 138 heavy (non-hydrogen) atoms. The van der Waals surface area contributed by atoms with Crippen LogP contribution in [-0.2, 0) is 38.2 Å². The van der Waals surface area contributed by atoms with Gasteiger partial charge in [-0.2, -0.15) is 0 Å². The van der Waals surface area contributed by atoms with Crippen LogP contribution >= 0.6 is 0 Å². The number of ether oxygens (including phenoxy) is 12. The zero-order valence-corrected chi connectivity index (χ0v) is 80.3. The summed E-state index contributed by atoms with van der Waals surface area (Å²) in [5, 5.41) is 67.1. The Morgan fingerprint density at radius 1 is 0.275 bits per heavy atom. The lowest BCUT2D eigenvalue weighted by molar-refractivity contribution is -0.0192. The third-order valence-electron chi connectivity index (χ3n) is 23.3. The van der Waals surface area contributed by atoms with Gasteiger partial charge in [0.25, 0.3) is 0 Å². The van der Waals surface area contributed by atoms with Gasteiger partial charge in [-0.05, 0) is 325 Å². The zero-order valence-electron chi connectivity index (χ0n) is 152. The van der Waals surface area contributed by atoms with Crippen LogP contribution in [0.3, 0.4) is 0 Å². The van der Waals surface area contributed by atoms with Crippen molar-refractivity contribution in [1.82, 2.24) is 29.4 Å². The molecule has 24 nitrogen and oxygen atoms in total. The van der Waals surface area contributed by atoms with E-state index in [1.165, 1.54) is 88.3 Å². The van der Waals surface area contributed by atoms with Crippen LogP contribution in [0.5, 0.6) is 69.0 Å². The molecule has 21 atom stereocenters. The van der Waals surface area contributed by atoms with E-state index in [4.69, 9.17) is 156 Å². The number of rotatable bonds is 24. The molecule has 6 saturated heterocycles. The third kappa shape index (κ3) is 25.4. The van der Waals surface area contributed by atoms with Crippen molar-refractivity contribution in [3.63, 3.8) is 0 Å². The van der Waals surface area contributed by atoms with Crippen molar-refractivity contribution in [2.75, 3.05) is 163 Å². The highest BCUT2D eigenvalue weighted by Crippen LogP contribution is 2.52. The minimum Gasteiger partial charge on any atom is -0.493 e. The molecule has 18 rings (SSSR count). The summed E-state index contributed by atoms with van der Waals surface area (Å²) in [6.07, 6.45) is -67.2. The van der Waals surface area contributed by atoms with Gasteiger partial charge in [-0.25, -0.2) is 0 Å². The van der Waals surface area contributed by atoms with E-state index >= 15 is 0 Å². The second-order valence-corrected chi connectivity index (χ2v) is 34.4. The zero-order chi connectivity index (χ0) is 163. The van der Waals surface area contributed by atoms with Gasteiger partial charge in [0.2, 0.25) is 0 Å². The molecule has 0 saturated carbocycles. The fourth-order valence-corrected chi connectivity index (χ4v) is 17.0. The predicted molar refractivity (Wildman–Crippen MR) is 547 cm³/mol. The summed E-state index contributed by atoms with van der Waals surface area (Å²) in [6.45, 7) is -21.5. The van der Waals surface area contributed by atoms with Crippen LogP contribution in [0, 0.1) is 70.8 Å². The maximum absolute atomic E-state index is 11.3. The Morgan fingerprint density at radius 3 is 0.594 bits per heavy atom. The Labute approximate surface area is 928 Å². The molecular weight excluding hydrogens is 1740 g/mol. The van der Waals surface area contributed by atoms with Crippen LogP contribution in [0.15, 0.2) is 72.8 Å². The minimum atomic E-state index is -3.87. The van der Waals surface area contributed by atoms with E-state index in [1.807, 2.05) is 0 Å². The lowest BCUT2D eigenvalue weighted by Crippen LogP contribution is -2.48. The van der Waals surface area contributed by atoms with E-state index in [0.29, 0.717) is 35.5 Å². The highest BCUT2D eigenvalue weighted by atomic mass is 16.5. The maximum atomic E-state index is 11.3. The molecule has 21 unspecified atom stereocenters. The number of hydrogen-bond donors (Lipinski definition) is 6. The van der Waals surface area contributed by atoms with Crippen molar-refractivity contribution in [2.24, 2.45) is 70.8 Å². The number of fused-ring (bicyclic) bond motifs is 18. The van der Waals surface area contributed by atoms with E-state index in [-0.39, 0.29) is 156 Å². The van der Waals surface area contributed by atoms with Crippen LogP contribution in [-0.4, -0.2) is 260 Å². The van der Waals surface area contributed by atoms with Gasteiger partial charge in [0.05, 0.1) is 138 Å². The normalized spacial score (nSPS) is 50.2. The standard InChI is InChI=1S/6C19H29NO3/c6*1-12(2)7-14-11-20-6-5-13-8-18(22-3)19(23-4)9-15(13)16(20)10-17(14)21/h6*8-9,12,14,16-17,21H,5-7,10-11H2,1-4H3/i1D3,4D3,5D2,6D2,7D2,10D2,12D,14D,17D;2*1D3,5D2,6D2,7D2,10D2,12D,14D,17D;4D3,5D2,6D2,10D2,14D,17D;2*5D2,6D2,10D2,14D,17D. The molecule has 6 aromatic carbocycles. The summed E-state index contributed by atoms with van der Waals surface area (Å²) in [5.41, 5.74) is -2.94. The summed E-state index contributed by atoms with van der Waals surface area (Å²) < 4.78 is 667. The summed E-state index contributed by atoms with van der Waals surface area (Å²) >= 11 is 0. The Balaban J connectivity index is 0.000000202. The first-order valence-electron chi connectivity index (χ1n) is 80.1. The summed E-state index contributed by atoms with van der Waals surface area (Å²) in [6, 6.07) is 2.89. The molecule has 6 fully saturated rings. The van der Waals surface area contributed by atoms with E-state index in [0.717, 1.165) is 70.3 Å². The smallest absolute Gasteiger partial charge is 0.161 e. The quantitative estimate of drug-likeness (QED) is 0.0329. The molecule has 24 heteroatoms. The molecule has 12 aliphatic rings. The van der Waals surface area contributed by atoms with Gasteiger partial charge >= 0.3 is 0 Å². The van der Waals surface area contributed by atoms with Gasteiger partial charge in [0, 0.05) is 197 Å². The van der Waals surface area contributed by atoms with Gasteiger partial charge < -0.3 is 87.5 Å². The largest absolute Gasteiger partial charge is 0.493 e. The number of aryl methyl sites for hydroxylation is 6. The summed E-state index contributed by atoms with van der Waals surface area (Å²) in [7, 11) is 6.76. The highest BCUT2D eigenvalue weighted by Gasteiger charge is 2.47. The Bertz CT molecular complexity index is 8220. The molecule has 0 amide bonds. The van der Waals surface area contributed by atoms with Gasteiger partial charge in [-0.1, -0.05) is 82.9 Å². The van der Waals surface area contributed by atoms with Crippen molar-refractivity contribution < 1.29 is 186 Å². The molecule has 6 aromatic rings. The second kappa shape index (κ2) is 49.1. The molecule has 0 radical (unpaired) electrons. The van der Waals surface area contributed by atoms with Crippen LogP contribution in [0.2, 0.25) is 0 Å². The molecule has 12 aliphatic heterocycles. The number of hydrogen-bond acceptors (Lipinski definition) is 24. The topological polar surface area (TPSA) is 252 Å². The maximum Gasteiger partial charge on any atom is 0.161 e. The molecule has 0 aromatic heterocycles. The molecule has 0 aliphatic carbocycles. The van der Waals surface area contributed by atoms with Crippen LogP contribution in [0.1, 0.15) is 361 Å². The van der Waals surface area contributed by atoms with E-state index < -0.39 is 351 Å². The fraction of sp³-hybridized carbons (Fsp3) is 0.684. The van der Waals surface area contributed by atoms with Crippen molar-refractivity contribution >= 4 is 0 Å². The average molecular weight is 1990 g/mol. The van der Waals surface area contributed by atoms with Gasteiger partial charge in [0.15, 0.2) is 69.0 Å². The predicted octanol–water partition coefficient (Wildman–Crippen LogP) is 18.2. The SMILES string of the molecule is [2H]C([2H])([2H])C([2H])(C)C([2H])([2H])C1([2H])CN2C(c3cc(OC)c(OC)cc3C([2H])([2H])C2([2H])[2H])C([2H])([2H])C1([2H])O.[2H]C([2H])([2H])C([2H])(C)C([2H])([2H])C1([2H])CN2C(c3cc(OC)c(OC)cc3C([2H])([2H])C2([2H])[2H])C([2H])([2H])C1([2H])O.[2H]C([2H])([2H])Oc1cc2c(cc1OC)C([2H])([2H])C([2H])([2H])N1CC([2H])(C([2H])([2H])C([2H])(C)C([2H])([2H])[2H])C([2H])(O)C([2H])([2H])C21.[2H]C([2H])([2H])Oc1cc2c(cc1OC)C([2H])([2H])C([2H])([2H])N1CC([2H])(CC(C)C)C([2H])(O)C([2H])([2H])C21.[2H]C1(CC(C)C)CN2C(c3cc(OC)c(OC)cc3C([2H])([2H])C2([2H])[2H])C([2H])([2H])C1([2H])O.[2H]C1(CC(C)C)CN2C(c3cc(OC)c(OC)cc3C([2H])([2H])C2([2H])[2H])C([2H])([2H])C1([2H])O. The first kappa shape index (κ1) is 47.5. The van der Waals surface area contributed by atoms with Gasteiger partial charge in [0.1, 0.15) is 0 Å². The third-order valence-corrected chi connectivity index (χ3v) is 23.3. The van der Waals surface area contributed by atoms with Crippen LogP contribution in [0.4, 0.5) is 0 Å². The second-order valence-electron chi connectivity index (χ2n) is 34.4. The van der Waals surface area contributed by atoms with Crippen molar-refractivity contribution in [2.45, 2.75) is 270 Å². The molecule has 0 bridgehead atoms. The Hall–Kier alpha value is -7.56. The summed E-state index contributed by atoms with van der Waals surface area (Å²) in [5.74, 6) is -27.8. The van der Waals surface area contributed by atoms with E-state index in [2.05, 4.69) is 0 Å². The highest BCUT2D eigenvalue weighted by molar-refractivity contribution is 5.55. The molecule has 768 valence electrons. The van der Waals surface area contributed by atoms with Crippen molar-refractivity contribution in [1.29, 1.82) is 0 Å². The molecule has 6 N–H and O–H groups in total. The first-order valence-corrected chi connectivity index (χ1v) is 44.1. The van der Waals surface area contributed by atoms with E-state index in [9.17, 15) is 30.6 Å². The number of aliphatic hydroxyl groups is 6. The van der Waals surface area contributed by atoms with Gasteiger partial charge in [-0.15, -0.1) is 0 Å². The van der Waals surface area contributed by atoms with Crippen LogP contribution < -0.4 is 56.8 Å². The minimum absolute atomic E-state index is 0.000650. The number of nitrogens with zero attached hydrogens (tertiary/aromatic N) is 6. The average Bonchev–Trinajstić information content (AvgIpc) is 0.666. The van der Waals surface area contributed by atoms with E-state index in [1.54, 1.807) is 41.5 Å². The molecule has 12 heterocycles. The number of benzene rings is 6. The monoisotopic (exact) mass is 1990 g/mol. The van der Waals surface area contributed by atoms with Crippen molar-refractivity contribution in [3.05, 3.63) is 140 Å². The lowest BCUT2D eigenvalue weighted by Gasteiger charge is -2.46. The fourth-order valence-electron chi connectivity index (χ4n) is 17.0. The first-order chi connectivity index (χ1) is 93.2. The van der Waals surface area contributed by atoms with Crippen molar-refractivity contribution in [3.8, 4) is 69.0 Å². The molecule has 0 spiro atoms. The van der Waals surface area contributed by atoms with Crippen LogP contribution in [0.25, 0.3) is 0 Å². The number of piperidine rings is 6. The van der Waals surface area contributed by atoms with Gasteiger partial charge in [-0.3, -0.25) is 29.4 Å². The Kier molecular flexibility index (Phi) is 16.9. The molecular formula is C114H174N6O18. The Morgan fingerprint density at radius 2 is 0.435 bits per heavy atom. The lowest BCUT2D eigenvalue weighted by atomic mass is 9.79.